The van der Waals surface area contributed by atoms with Crippen LogP contribution in [0.1, 0.15) is 0 Å². The van der Waals surface area contributed by atoms with Crippen LogP contribution in [-0.2, 0) is 0 Å². The van der Waals surface area contributed by atoms with Crippen LogP contribution in [0.15, 0.2) is 48.5 Å². The molecule has 0 unspecified atom stereocenters. The Labute approximate surface area is 104 Å². The van der Waals surface area contributed by atoms with Gasteiger partial charge in [0, 0.05) is 16.3 Å². The fourth-order valence-electron chi connectivity index (χ4n) is 1.46. The molecule has 0 aromatic heterocycles. The van der Waals surface area contributed by atoms with Gasteiger partial charge >= 0.3 is 0 Å². The molecule has 0 spiro atoms. The number of anilines is 2. The van der Waals surface area contributed by atoms with Crippen molar-refractivity contribution in [3.8, 4) is 0 Å². The third kappa shape index (κ3) is 2.31. The molecule has 2 aromatic carbocycles. The molecule has 0 aliphatic carbocycles. The van der Waals surface area contributed by atoms with Crippen molar-refractivity contribution in [2.45, 2.75) is 0 Å². The van der Waals surface area contributed by atoms with Crippen molar-refractivity contribution in [3.05, 3.63) is 58.2 Å². The Morgan fingerprint density at radius 2 is 1.73 bits per heavy atom. The molecule has 15 heavy (non-hydrogen) atoms. The summed E-state index contributed by atoms with van der Waals surface area (Å²) in [7, 11) is 2.08. The van der Waals surface area contributed by atoms with E-state index in [9.17, 15) is 0 Å². The van der Waals surface area contributed by atoms with Crippen LogP contribution >= 0.6 is 22.6 Å². The lowest BCUT2D eigenvalue weighted by molar-refractivity contribution is 1.20. The summed E-state index contributed by atoms with van der Waals surface area (Å²) < 4.78 is 1.26. The van der Waals surface area contributed by atoms with Gasteiger partial charge in [0.15, 0.2) is 0 Å². The van der Waals surface area contributed by atoms with Crippen LogP contribution in [0, 0.1) is 9.64 Å². The predicted octanol–water partition coefficient (Wildman–Crippen LogP) is 3.86. The Balaban J connectivity index is 2.37. The van der Waals surface area contributed by atoms with Gasteiger partial charge in [-0.1, -0.05) is 24.3 Å². The summed E-state index contributed by atoms with van der Waals surface area (Å²) in [5, 5.41) is 0. The number of hydrogen-bond donors (Lipinski definition) is 0. The van der Waals surface area contributed by atoms with Gasteiger partial charge in [0.1, 0.15) is 0 Å². The van der Waals surface area contributed by atoms with Crippen molar-refractivity contribution in [3.63, 3.8) is 0 Å². The Morgan fingerprint density at radius 1 is 1.07 bits per heavy atom. The Morgan fingerprint density at radius 3 is 2.40 bits per heavy atom. The van der Waals surface area contributed by atoms with E-state index in [0.717, 1.165) is 0 Å². The van der Waals surface area contributed by atoms with Gasteiger partial charge in [0.05, 0.1) is 5.69 Å². The van der Waals surface area contributed by atoms with Gasteiger partial charge in [-0.2, -0.15) is 0 Å². The van der Waals surface area contributed by atoms with Gasteiger partial charge in [0.2, 0.25) is 0 Å². The first kappa shape index (κ1) is 10.5. The summed E-state index contributed by atoms with van der Waals surface area (Å²) in [4.78, 5) is 2.18. The topological polar surface area (TPSA) is 3.24 Å². The first-order valence-electron chi connectivity index (χ1n) is 4.73. The molecule has 0 aliphatic rings. The van der Waals surface area contributed by atoms with Gasteiger partial charge in [0.25, 0.3) is 0 Å². The SMILES string of the molecule is CN(c1cc[c]cc1)c1ccccc1I. The summed E-state index contributed by atoms with van der Waals surface area (Å²) in [6.07, 6.45) is 0. The molecule has 2 rings (SSSR count). The van der Waals surface area contributed by atoms with E-state index < -0.39 is 0 Å². The zero-order valence-electron chi connectivity index (χ0n) is 8.44. The van der Waals surface area contributed by atoms with Crippen molar-refractivity contribution in [2.24, 2.45) is 0 Å². The van der Waals surface area contributed by atoms with E-state index in [4.69, 9.17) is 0 Å². The second-order valence-electron chi connectivity index (χ2n) is 3.27. The van der Waals surface area contributed by atoms with E-state index in [1.165, 1.54) is 14.9 Å². The van der Waals surface area contributed by atoms with Gasteiger partial charge in [-0.05, 0) is 52.9 Å². The number of rotatable bonds is 2. The molecule has 0 atom stereocenters. The minimum Gasteiger partial charge on any atom is -0.344 e. The van der Waals surface area contributed by atoms with Gasteiger partial charge < -0.3 is 4.90 Å². The molecule has 0 aliphatic heterocycles. The molecule has 0 heterocycles. The molecule has 0 saturated carbocycles. The molecule has 1 nitrogen and oxygen atoms in total. The molecule has 0 amide bonds. The molecule has 1 radical (unpaired) electrons. The molecule has 2 heteroatoms. The van der Waals surface area contributed by atoms with Crippen LogP contribution in [0.5, 0.6) is 0 Å². The molecule has 0 fully saturated rings. The summed E-state index contributed by atoms with van der Waals surface area (Å²) in [5.74, 6) is 0. The van der Waals surface area contributed by atoms with Crippen LogP contribution in [0.4, 0.5) is 11.4 Å². The smallest absolute Gasteiger partial charge is 0.0543 e. The summed E-state index contributed by atoms with van der Waals surface area (Å²) in [6, 6.07) is 19.4. The number of benzene rings is 2. The largest absolute Gasteiger partial charge is 0.344 e. The summed E-state index contributed by atoms with van der Waals surface area (Å²) in [5.41, 5.74) is 2.40. The predicted molar refractivity (Wildman–Crippen MR) is 72.5 cm³/mol. The van der Waals surface area contributed by atoms with Crippen LogP contribution in [0.3, 0.4) is 0 Å². The first-order chi connectivity index (χ1) is 7.29. The fraction of sp³-hybridized carbons (Fsp3) is 0.0769. The highest BCUT2D eigenvalue weighted by Gasteiger charge is 2.05. The van der Waals surface area contributed by atoms with E-state index in [2.05, 4.69) is 77.0 Å². The van der Waals surface area contributed by atoms with Gasteiger partial charge in [-0.3, -0.25) is 0 Å². The minimum atomic E-state index is 1.18. The van der Waals surface area contributed by atoms with Crippen LogP contribution < -0.4 is 4.90 Å². The Kier molecular flexibility index (Phi) is 3.26. The summed E-state index contributed by atoms with van der Waals surface area (Å²) in [6.45, 7) is 0. The molecule has 0 N–H and O–H groups in total. The highest BCUT2D eigenvalue weighted by Crippen LogP contribution is 2.27. The molecule has 0 bridgehead atoms. The van der Waals surface area contributed by atoms with E-state index >= 15 is 0 Å². The zero-order valence-corrected chi connectivity index (χ0v) is 10.6. The lowest BCUT2D eigenvalue weighted by Gasteiger charge is -2.20. The molecule has 0 saturated heterocycles. The lowest BCUT2D eigenvalue weighted by Crippen LogP contribution is -2.10. The highest BCUT2D eigenvalue weighted by molar-refractivity contribution is 14.1. The Bertz CT molecular complexity index is 439. The third-order valence-electron chi connectivity index (χ3n) is 2.30. The maximum atomic E-state index is 3.03. The lowest BCUT2D eigenvalue weighted by atomic mass is 10.2. The summed E-state index contributed by atoms with van der Waals surface area (Å²) >= 11 is 2.35. The van der Waals surface area contributed by atoms with Crippen molar-refractivity contribution >= 4 is 34.0 Å². The highest BCUT2D eigenvalue weighted by atomic mass is 127. The maximum Gasteiger partial charge on any atom is 0.0543 e. The second kappa shape index (κ2) is 4.66. The Hall–Kier alpha value is -1.03. The van der Waals surface area contributed by atoms with Gasteiger partial charge in [-0.15, -0.1) is 0 Å². The molecular formula is C13H11IN. The molecule has 75 valence electrons. The fourth-order valence-corrected chi connectivity index (χ4v) is 2.21. The number of halogens is 1. The first-order valence-corrected chi connectivity index (χ1v) is 5.81. The quantitative estimate of drug-likeness (QED) is 0.762. The van der Waals surface area contributed by atoms with Gasteiger partial charge in [-0.25, -0.2) is 0 Å². The van der Waals surface area contributed by atoms with Crippen LogP contribution in [0.25, 0.3) is 0 Å². The molecule has 2 aromatic rings. The van der Waals surface area contributed by atoms with Crippen molar-refractivity contribution in [1.82, 2.24) is 0 Å². The molecular weight excluding hydrogens is 297 g/mol. The number of para-hydroxylation sites is 1. The normalized spacial score (nSPS) is 10.0. The van der Waals surface area contributed by atoms with Crippen LogP contribution in [0.2, 0.25) is 0 Å². The maximum absolute atomic E-state index is 3.03. The standard InChI is InChI=1S/C13H11IN/c1-15(11-7-3-2-4-8-11)13-10-6-5-9-12(13)14/h3-10H,1H3. The third-order valence-corrected chi connectivity index (χ3v) is 3.21. The van der Waals surface area contributed by atoms with E-state index in [1.54, 1.807) is 0 Å². The van der Waals surface area contributed by atoms with E-state index in [1.807, 2.05) is 12.1 Å². The second-order valence-corrected chi connectivity index (χ2v) is 4.43. The number of hydrogen-bond acceptors (Lipinski definition) is 1. The monoisotopic (exact) mass is 308 g/mol. The van der Waals surface area contributed by atoms with Crippen molar-refractivity contribution in [2.75, 3.05) is 11.9 Å². The van der Waals surface area contributed by atoms with E-state index in [-0.39, 0.29) is 0 Å². The average molecular weight is 308 g/mol. The minimum absolute atomic E-state index is 1.18. The van der Waals surface area contributed by atoms with Crippen molar-refractivity contribution in [1.29, 1.82) is 0 Å². The zero-order chi connectivity index (χ0) is 10.7. The van der Waals surface area contributed by atoms with Crippen molar-refractivity contribution < 1.29 is 0 Å². The average Bonchev–Trinajstić information content (AvgIpc) is 2.30. The van der Waals surface area contributed by atoms with Crippen LogP contribution in [-0.4, -0.2) is 7.05 Å². The van der Waals surface area contributed by atoms with E-state index in [0.29, 0.717) is 0 Å². The number of nitrogens with zero attached hydrogens (tertiary/aromatic N) is 1.